The maximum absolute atomic E-state index is 13.6. The zero-order valence-corrected chi connectivity index (χ0v) is 20.3. The van der Waals surface area contributed by atoms with Crippen molar-refractivity contribution in [2.45, 2.75) is 25.6 Å². The van der Waals surface area contributed by atoms with E-state index in [9.17, 15) is 9.18 Å². The molecule has 10 heteroatoms. The molecule has 4 heterocycles. The topological polar surface area (TPSA) is 98.2 Å². The van der Waals surface area contributed by atoms with Gasteiger partial charge in [-0.3, -0.25) is 9.69 Å². The number of H-pyrrole nitrogens is 1. The summed E-state index contributed by atoms with van der Waals surface area (Å²) in [6.07, 6.45) is 0.844. The molecule has 2 aliphatic heterocycles. The van der Waals surface area contributed by atoms with Gasteiger partial charge in [0.1, 0.15) is 11.9 Å². The zero-order chi connectivity index (χ0) is 25.6. The summed E-state index contributed by atoms with van der Waals surface area (Å²) in [5, 5.41) is 13.4. The number of fused-ring (bicyclic) bond motifs is 3. The summed E-state index contributed by atoms with van der Waals surface area (Å²) in [7, 11) is 0. The number of aromatic amines is 1. The largest absolute Gasteiger partial charge is 0.454 e. The van der Waals surface area contributed by atoms with Crippen molar-refractivity contribution >= 4 is 10.9 Å². The molecule has 5 aromatic rings. The number of halogens is 1. The molecule has 1 atom stereocenters. The number of pyridine rings is 1. The molecule has 0 bridgehead atoms. The van der Waals surface area contributed by atoms with Gasteiger partial charge < -0.3 is 14.5 Å². The van der Waals surface area contributed by atoms with Crippen LogP contribution < -0.4 is 15.0 Å². The van der Waals surface area contributed by atoms with Crippen LogP contribution in [-0.4, -0.2) is 43.4 Å². The lowest BCUT2D eigenvalue weighted by Crippen LogP contribution is -2.38. The lowest BCUT2D eigenvalue weighted by molar-refractivity contribution is 0.174. The van der Waals surface area contributed by atoms with Gasteiger partial charge in [0.05, 0.1) is 12.1 Å². The van der Waals surface area contributed by atoms with E-state index in [4.69, 9.17) is 9.47 Å². The monoisotopic (exact) mass is 510 g/mol. The quantitative estimate of drug-likeness (QED) is 0.386. The van der Waals surface area contributed by atoms with Gasteiger partial charge in [0.25, 0.3) is 5.56 Å². The Labute approximate surface area is 216 Å². The molecule has 0 saturated heterocycles. The summed E-state index contributed by atoms with van der Waals surface area (Å²) in [6.45, 7) is 1.86. The smallest absolute Gasteiger partial charge is 0.253 e. The van der Waals surface area contributed by atoms with Gasteiger partial charge in [0.15, 0.2) is 17.3 Å². The van der Waals surface area contributed by atoms with Crippen LogP contribution in [0.15, 0.2) is 71.5 Å². The summed E-state index contributed by atoms with van der Waals surface area (Å²) in [6, 6.07) is 19.6. The second kappa shape index (κ2) is 9.07. The highest BCUT2D eigenvalue weighted by Crippen LogP contribution is 2.37. The summed E-state index contributed by atoms with van der Waals surface area (Å²) in [5.41, 5.74) is 4.33. The molecule has 7 rings (SSSR count). The second-order valence-electron chi connectivity index (χ2n) is 9.56. The number of rotatable bonds is 5. The molecule has 0 radical (unpaired) electrons. The Hall–Kier alpha value is -4.57. The van der Waals surface area contributed by atoms with Crippen molar-refractivity contribution in [3.05, 3.63) is 111 Å². The van der Waals surface area contributed by atoms with Crippen LogP contribution in [0.4, 0.5) is 4.39 Å². The van der Waals surface area contributed by atoms with E-state index in [0.29, 0.717) is 41.5 Å². The van der Waals surface area contributed by atoms with Crippen molar-refractivity contribution in [3.8, 4) is 11.5 Å². The molecule has 0 fully saturated rings. The van der Waals surface area contributed by atoms with Gasteiger partial charge in [0.2, 0.25) is 6.79 Å². The minimum Gasteiger partial charge on any atom is -0.454 e. The number of benzene rings is 3. The molecule has 1 N–H and O–H groups in total. The van der Waals surface area contributed by atoms with Crippen LogP contribution in [-0.2, 0) is 19.5 Å². The summed E-state index contributed by atoms with van der Waals surface area (Å²) >= 11 is 0. The van der Waals surface area contributed by atoms with Gasteiger partial charge in [-0.2, -0.15) is 0 Å². The Morgan fingerprint density at radius 1 is 1.00 bits per heavy atom. The van der Waals surface area contributed by atoms with Crippen LogP contribution in [0.2, 0.25) is 0 Å². The standard InChI is InChI=1S/C28H23FN6O3/c29-21-7-5-17(6-8-21)14-35-27(31-32-33-35)26(34-10-9-18-3-1-2-4-19(18)15-34)22-11-20-12-24-25(38-16-37-24)13-23(20)30-28(22)36/h1-8,11-13,26H,9-10,14-16H2,(H,30,36)/t26-/m1/s1. The van der Waals surface area contributed by atoms with Crippen LogP contribution in [0.3, 0.4) is 0 Å². The first kappa shape index (κ1) is 22.6. The number of nitrogens with one attached hydrogen (secondary N) is 1. The van der Waals surface area contributed by atoms with Crippen LogP contribution >= 0.6 is 0 Å². The van der Waals surface area contributed by atoms with Crippen LogP contribution in [0.5, 0.6) is 11.5 Å². The van der Waals surface area contributed by atoms with E-state index in [0.717, 1.165) is 23.9 Å². The van der Waals surface area contributed by atoms with Gasteiger partial charge in [-0.15, -0.1) is 5.10 Å². The number of ether oxygens (including phenoxy) is 2. The predicted molar refractivity (Wildman–Crippen MR) is 136 cm³/mol. The third kappa shape index (κ3) is 3.99. The first-order valence-corrected chi connectivity index (χ1v) is 12.4. The number of hydrogen-bond donors (Lipinski definition) is 1. The first-order valence-electron chi connectivity index (χ1n) is 12.4. The predicted octanol–water partition coefficient (Wildman–Crippen LogP) is 3.58. The highest BCUT2D eigenvalue weighted by atomic mass is 19.1. The average molecular weight is 511 g/mol. The molecule has 0 amide bonds. The van der Waals surface area contributed by atoms with Crippen LogP contribution in [0, 0.1) is 5.82 Å². The fourth-order valence-corrected chi connectivity index (χ4v) is 5.34. The Morgan fingerprint density at radius 3 is 2.63 bits per heavy atom. The fourth-order valence-electron chi connectivity index (χ4n) is 5.34. The molecular formula is C28H23FN6O3. The Kier molecular flexibility index (Phi) is 5.40. The highest BCUT2D eigenvalue weighted by molar-refractivity contribution is 5.83. The molecule has 38 heavy (non-hydrogen) atoms. The number of tetrazole rings is 1. The van der Waals surface area contributed by atoms with E-state index in [2.05, 4.69) is 37.5 Å². The molecule has 0 unspecified atom stereocenters. The third-order valence-corrected chi connectivity index (χ3v) is 7.24. The van der Waals surface area contributed by atoms with Crippen molar-refractivity contribution in [1.29, 1.82) is 0 Å². The van der Waals surface area contributed by atoms with Gasteiger partial charge in [0, 0.05) is 30.1 Å². The Bertz CT molecular complexity index is 1710. The lowest BCUT2D eigenvalue weighted by atomic mass is 9.96. The normalized spacial score (nSPS) is 15.5. The minimum atomic E-state index is -0.516. The first-order chi connectivity index (χ1) is 18.6. The van der Waals surface area contributed by atoms with Gasteiger partial charge in [-0.25, -0.2) is 9.07 Å². The van der Waals surface area contributed by atoms with E-state index in [1.165, 1.54) is 23.3 Å². The van der Waals surface area contributed by atoms with Gasteiger partial charge >= 0.3 is 0 Å². The van der Waals surface area contributed by atoms with Crippen molar-refractivity contribution in [2.75, 3.05) is 13.3 Å². The maximum atomic E-state index is 13.6. The van der Waals surface area contributed by atoms with Crippen molar-refractivity contribution in [3.63, 3.8) is 0 Å². The molecule has 9 nitrogen and oxygen atoms in total. The Balaban J connectivity index is 1.35. The van der Waals surface area contributed by atoms with E-state index in [1.807, 2.05) is 24.3 Å². The number of aromatic nitrogens is 5. The van der Waals surface area contributed by atoms with Crippen molar-refractivity contribution in [2.24, 2.45) is 0 Å². The summed E-state index contributed by atoms with van der Waals surface area (Å²) in [4.78, 5) is 18.9. The van der Waals surface area contributed by atoms with Crippen molar-refractivity contribution < 1.29 is 13.9 Å². The molecule has 0 aliphatic carbocycles. The molecular weight excluding hydrogens is 487 g/mol. The molecule has 2 aliphatic rings. The maximum Gasteiger partial charge on any atom is 0.253 e. The molecule has 3 aromatic carbocycles. The van der Waals surface area contributed by atoms with Gasteiger partial charge in [-0.1, -0.05) is 36.4 Å². The van der Waals surface area contributed by atoms with E-state index >= 15 is 0 Å². The van der Waals surface area contributed by atoms with E-state index < -0.39 is 6.04 Å². The fraction of sp³-hybridized carbons (Fsp3) is 0.214. The number of nitrogens with zero attached hydrogens (tertiary/aromatic N) is 5. The lowest BCUT2D eigenvalue weighted by Gasteiger charge is -2.34. The molecule has 0 spiro atoms. The van der Waals surface area contributed by atoms with E-state index in [1.54, 1.807) is 22.9 Å². The average Bonchev–Trinajstić information content (AvgIpc) is 3.58. The summed E-state index contributed by atoms with van der Waals surface area (Å²) < 4.78 is 26.2. The minimum absolute atomic E-state index is 0.150. The molecule has 190 valence electrons. The van der Waals surface area contributed by atoms with Crippen LogP contribution in [0.25, 0.3) is 10.9 Å². The van der Waals surface area contributed by atoms with E-state index in [-0.39, 0.29) is 18.2 Å². The van der Waals surface area contributed by atoms with Crippen molar-refractivity contribution in [1.82, 2.24) is 30.1 Å². The highest BCUT2D eigenvalue weighted by Gasteiger charge is 2.33. The van der Waals surface area contributed by atoms with Gasteiger partial charge in [-0.05, 0) is 57.8 Å². The zero-order valence-electron chi connectivity index (χ0n) is 20.3. The molecule has 2 aromatic heterocycles. The summed E-state index contributed by atoms with van der Waals surface area (Å²) in [5.74, 6) is 1.48. The number of hydrogen-bond acceptors (Lipinski definition) is 7. The van der Waals surface area contributed by atoms with Crippen LogP contribution in [0.1, 0.15) is 34.1 Å². The second-order valence-corrected chi connectivity index (χ2v) is 9.56. The SMILES string of the molecule is O=c1[nH]c2cc3c(cc2cc1[C@H](c1nnnn1Cc1ccc(F)cc1)N1CCc2ccccc2C1)OCO3. The molecule has 0 saturated carbocycles. The third-order valence-electron chi connectivity index (χ3n) is 7.24. The Morgan fingerprint density at radius 2 is 1.79 bits per heavy atom.